The fourth-order valence-electron chi connectivity index (χ4n) is 5.38. The smallest absolute Gasteiger partial charge is 0.264 e. The van der Waals surface area contributed by atoms with Gasteiger partial charge in [0.25, 0.3) is 21.9 Å². The second-order valence-corrected chi connectivity index (χ2v) is 12.1. The van der Waals surface area contributed by atoms with Crippen molar-refractivity contribution in [3.63, 3.8) is 0 Å². The highest BCUT2D eigenvalue weighted by molar-refractivity contribution is 7.92. The molecule has 1 saturated carbocycles. The zero-order chi connectivity index (χ0) is 28.7. The standard InChI is InChI=1S/C28H31F2N5O4S/c1-18-6-3-7-19(2)25(18)23-15-24(36)32-27(31-23)33-40(38,39)22-9-4-8-20(14-22)26(37)35-11-5-10-34(12-13-35)21-16-28(29,30)17-21/h3-4,6-9,14-15,21H,5,10-13,16-17H2,1-2H3,(H2,31,32,33,36). The Hall–Kier alpha value is -3.64. The average molecular weight is 572 g/mol. The minimum absolute atomic E-state index is 0.150. The van der Waals surface area contributed by atoms with Gasteiger partial charge < -0.3 is 10.0 Å². The Morgan fingerprint density at radius 2 is 1.70 bits per heavy atom. The number of carbonyl (C=O) groups excluding carboxylic acids is 1. The van der Waals surface area contributed by atoms with Crippen LogP contribution in [-0.2, 0) is 10.0 Å². The Kier molecular flexibility index (Phi) is 7.49. The number of alkyl halides is 2. The van der Waals surface area contributed by atoms with Crippen LogP contribution in [0.4, 0.5) is 14.7 Å². The van der Waals surface area contributed by atoms with Gasteiger partial charge in [-0.15, -0.1) is 0 Å². The Balaban J connectivity index is 1.32. The van der Waals surface area contributed by atoms with Crippen molar-refractivity contribution in [1.29, 1.82) is 0 Å². The number of benzene rings is 2. The summed E-state index contributed by atoms with van der Waals surface area (Å²) in [5.41, 5.74) is 3.13. The minimum atomic E-state index is -4.21. The van der Waals surface area contributed by atoms with Gasteiger partial charge in [-0.3, -0.25) is 9.69 Å². The summed E-state index contributed by atoms with van der Waals surface area (Å²) in [6.45, 7) is 5.73. The van der Waals surface area contributed by atoms with Crippen LogP contribution in [-0.4, -0.2) is 77.3 Å². The molecule has 212 valence electrons. The minimum Gasteiger partial charge on any atom is -0.493 e. The molecular formula is C28H31F2N5O4S. The molecule has 2 aliphatic rings. The first-order valence-corrected chi connectivity index (χ1v) is 14.6. The summed E-state index contributed by atoms with van der Waals surface area (Å²) < 4.78 is 55.5. The molecule has 1 saturated heterocycles. The summed E-state index contributed by atoms with van der Waals surface area (Å²) in [5, 5.41) is 10.2. The lowest BCUT2D eigenvalue weighted by atomic mass is 9.87. The van der Waals surface area contributed by atoms with E-state index in [0.717, 1.165) is 16.7 Å². The lowest BCUT2D eigenvalue weighted by molar-refractivity contribution is -0.123. The van der Waals surface area contributed by atoms with Crippen LogP contribution in [0.25, 0.3) is 11.3 Å². The molecule has 5 rings (SSSR count). The van der Waals surface area contributed by atoms with E-state index in [1.165, 1.54) is 24.3 Å². The Bertz CT molecular complexity index is 1520. The molecule has 0 radical (unpaired) electrons. The van der Waals surface area contributed by atoms with E-state index in [4.69, 9.17) is 0 Å². The van der Waals surface area contributed by atoms with Crippen molar-refractivity contribution < 1.29 is 27.1 Å². The largest absolute Gasteiger partial charge is 0.493 e. The van der Waals surface area contributed by atoms with Crippen molar-refractivity contribution in [1.82, 2.24) is 19.8 Å². The summed E-state index contributed by atoms with van der Waals surface area (Å²) in [7, 11) is -4.21. The van der Waals surface area contributed by atoms with E-state index in [1.54, 1.807) is 11.0 Å². The monoisotopic (exact) mass is 571 g/mol. The van der Waals surface area contributed by atoms with Gasteiger partial charge in [0, 0.05) is 62.3 Å². The third kappa shape index (κ3) is 5.92. The topological polar surface area (TPSA) is 116 Å². The Labute approximate surface area is 231 Å². The number of hydrogen-bond donors (Lipinski definition) is 2. The van der Waals surface area contributed by atoms with Crippen molar-refractivity contribution >= 4 is 21.9 Å². The number of aromatic nitrogens is 2. The second-order valence-electron chi connectivity index (χ2n) is 10.4. The highest BCUT2D eigenvalue weighted by atomic mass is 32.2. The molecule has 1 aliphatic heterocycles. The lowest BCUT2D eigenvalue weighted by Crippen LogP contribution is -2.51. The molecule has 1 aliphatic carbocycles. The van der Waals surface area contributed by atoms with E-state index < -0.39 is 21.8 Å². The van der Waals surface area contributed by atoms with Crippen LogP contribution in [0.3, 0.4) is 0 Å². The number of hydrogen-bond acceptors (Lipinski definition) is 7. The number of rotatable bonds is 6. The fraction of sp³-hybridized carbons (Fsp3) is 0.393. The predicted octanol–water partition coefficient (Wildman–Crippen LogP) is 4.21. The number of anilines is 1. The highest BCUT2D eigenvalue weighted by Crippen LogP contribution is 2.40. The van der Waals surface area contributed by atoms with Crippen LogP contribution in [0.15, 0.2) is 53.4 Å². The number of aryl methyl sites for hydroxylation is 2. The Morgan fingerprint density at radius 1 is 1.00 bits per heavy atom. The first-order valence-electron chi connectivity index (χ1n) is 13.1. The second kappa shape index (κ2) is 10.7. The first kappa shape index (κ1) is 27.9. The maximum atomic E-state index is 13.3. The Morgan fingerprint density at radius 3 is 2.40 bits per heavy atom. The molecule has 40 heavy (non-hydrogen) atoms. The number of carbonyl (C=O) groups is 1. The molecule has 2 aromatic carbocycles. The quantitative estimate of drug-likeness (QED) is 0.455. The number of nitrogens with one attached hydrogen (secondary N) is 1. The van der Waals surface area contributed by atoms with Crippen molar-refractivity contribution in [2.75, 3.05) is 30.9 Å². The van der Waals surface area contributed by atoms with Crippen molar-refractivity contribution in [2.45, 2.75) is 50.0 Å². The van der Waals surface area contributed by atoms with Crippen molar-refractivity contribution in [2.24, 2.45) is 0 Å². The van der Waals surface area contributed by atoms with Crippen LogP contribution in [0.5, 0.6) is 5.88 Å². The van der Waals surface area contributed by atoms with Gasteiger partial charge in [0.15, 0.2) is 0 Å². The van der Waals surface area contributed by atoms with Crippen molar-refractivity contribution in [3.8, 4) is 17.1 Å². The van der Waals surface area contributed by atoms with E-state index in [9.17, 15) is 27.1 Å². The third-order valence-corrected chi connectivity index (χ3v) is 8.80. The molecule has 2 N–H and O–H groups in total. The van der Waals surface area contributed by atoms with Crippen LogP contribution < -0.4 is 4.72 Å². The summed E-state index contributed by atoms with van der Waals surface area (Å²) in [5.74, 6) is -3.63. The zero-order valence-corrected chi connectivity index (χ0v) is 23.1. The molecular weight excluding hydrogens is 540 g/mol. The van der Waals surface area contributed by atoms with Gasteiger partial charge in [0.1, 0.15) is 0 Å². The molecule has 0 unspecified atom stereocenters. The average Bonchev–Trinajstić information content (AvgIpc) is 3.12. The summed E-state index contributed by atoms with van der Waals surface area (Å²) in [4.78, 5) is 24.9. The summed E-state index contributed by atoms with van der Waals surface area (Å²) >= 11 is 0. The summed E-state index contributed by atoms with van der Waals surface area (Å²) in [6, 6.07) is 12.5. The van der Waals surface area contributed by atoms with E-state index in [1.807, 2.05) is 36.9 Å². The van der Waals surface area contributed by atoms with Crippen LogP contribution in [0, 0.1) is 13.8 Å². The molecule has 0 atom stereocenters. The molecule has 0 spiro atoms. The first-order chi connectivity index (χ1) is 18.9. The van der Waals surface area contributed by atoms with Crippen LogP contribution in [0.1, 0.15) is 40.7 Å². The van der Waals surface area contributed by atoms with Crippen molar-refractivity contribution in [3.05, 3.63) is 65.2 Å². The predicted molar refractivity (Wildman–Crippen MR) is 146 cm³/mol. The molecule has 1 aromatic heterocycles. The third-order valence-electron chi connectivity index (χ3n) is 7.47. The number of aromatic hydroxyl groups is 1. The molecule has 0 bridgehead atoms. The van der Waals surface area contributed by atoms with Gasteiger partial charge in [-0.2, -0.15) is 4.98 Å². The number of amides is 1. The van der Waals surface area contributed by atoms with E-state index in [0.29, 0.717) is 38.3 Å². The van der Waals surface area contributed by atoms with E-state index in [-0.39, 0.29) is 41.2 Å². The molecule has 12 heteroatoms. The van der Waals surface area contributed by atoms with Gasteiger partial charge >= 0.3 is 0 Å². The van der Waals surface area contributed by atoms with E-state index in [2.05, 4.69) is 14.7 Å². The number of sulfonamides is 1. The van der Waals surface area contributed by atoms with Gasteiger partial charge in [-0.1, -0.05) is 24.3 Å². The SMILES string of the molecule is Cc1cccc(C)c1-c1cc(O)nc(NS(=O)(=O)c2cccc(C(=O)N3CCCN(C4CC(F)(F)C4)CC3)c2)n1. The summed E-state index contributed by atoms with van der Waals surface area (Å²) in [6.07, 6.45) is 0.344. The molecule has 1 amide bonds. The van der Waals surface area contributed by atoms with E-state index >= 15 is 0 Å². The van der Waals surface area contributed by atoms with Gasteiger partial charge in [0.2, 0.25) is 11.8 Å². The number of halogens is 2. The number of nitrogens with zero attached hydrogens (tertiary/aromatic N) is 4. The van der Waals surface area contributed by atoms with Gasteiger partial charge in [-0.25, -0.2) is 26.9 Å². The maximum absolute atomic E-state index is 13.3. The van der Waals surface area contributed by atoms with Crippen LogP contribution >= 0.6 is 0 Å². The lowest BCUT2D eigenvalue weighted by Gasteiger charge is -2.42. The molecule has 3 aromatic rings. The highest BCUT2D eigenvalue weighted by Gasteiger charge is 2.47. The van der Waals surface area contributed by atoms with Gasteiger partial charge in [-0.05, 0) is 49.6 Å². The van der Waals surface area contributed by atoms with Crippen LogP contribution in [0.2, 0.25) is 0 Å². The molecule has 9 nitrogen and oxygen atoms in total. The normalized spacial score (nSPS) is 18.1. The molecule has 2 fully saturated rings. The van der Waals surface area contributed by atoms with Gasteiger partial charge in [0.05, 0.1) is 10.6 Å². The maximum Gasteiger partial charge on any atom is 0.264 e. The fourth-order valence-corrected chi connectivity index (χ4v) is 6.37. The zero-order valence-electron chi connectivity index (χ0n) is 22.3. The molecule has 2 heterocycles.